The highest BCUT2D eigenvalue weighted by molar-refractivity contribution is 5.83. The lowest BCUT2D eigenvalue weighted by Gasteiger charge is -2.32. The average molecular weight is 367 g/mol. The molecule has 1 aliphatic rings. The number of hydrogen-bond acceptors (Lipinski definition) is 4. The molecular weight excluding hydrogens is 338 g/mol. The highest BCUT2D eigenvalue weighted by Gasteiger charge is 2.22. The Hall–Kier alpha value is -2.18. The van der Waals surface area contributed by atoms with Gasteiger partial charge in [0.15, 0.2) is 0 Å². The second-order valence-electron chi connectivity index (χ2n) is 7.57. The van der Waals surface area contributed by atoms with Crippen LogP contribution in [0.2, 0.25) is 0 Å². The second kappa shape index (κ2) is 8.23. The molecule has 3 heterocycles. The van der Waals surface area contributed by atoms with Gasteiger partial charge in [0.1, 0.15) is 5.69 Å². The van der Waals surface area contributed by atoms with Gasteiger partial charge < -0.3 is 9.30 Å². The van der Waals surface area contributed by atoms with Crippen molar-refractivity contribution in [2.45, 2.75) is 46.0 Å². The van der Waals surface area contributed by atoms with E-state index < -0.39 is 0 Å². The van der Waals surface area contributed by atoms with Crippen LogP contribution in [0.3, 0.4) is 0 Å². The van der Waals surface area contributed by atoms with Gasteiger partial charge in [-0.2, -0.15) is 0 Å². The monoisotopic (exact) mass is 367 g/mol. The number of aromatic nitrogens is 4. The van der Waals surface area contributed by atoms with Crippen molar-refractivity contribution in [3.05, 3.63) is 47.9 Å². The fourth-order valence-corrected chi connectivity index (χ4v) is 4.30. The number of nitrogens with zero attached hydrogens (tertiary/aromatic N) is 5. The van der Waals surface area contributed by atoms with Gasteiger partial charge in [-0.25, -0.2) is 0 Å². The maximum absolute atomic E-state index is 5.13. The lowest BCUT2D eigenvalue weighted by Crippen LogP contribution is -2.36. The quantitative estimate of drug-likeness (QED) is 0.643. The van der Waals surface area contributed by atoms with Crippen LogP contribution in [0.15, 0.2) is 36.7 Å². The smallest absolute Gasteiger partial charge is 0.108 e. The maximum atomic E-state index is 5.13. The lowest BCUT2D eigenvalue weighted by molar-refractivity contribution is 0.153. The molecule has 4 rings (SSSR count). The summed E-state index contributed by atoms with van der Waals surface area (Å²) >= 11 is 0. The summed E-state index contributed by atoms with van der Waals surface area (Å²) in [6.07, 6.45) is 6.85. The minimum absolute atomic E-state index is 0.526. The van der Waals surface area contributed by atoms with Crippen LogP contribution < -0.4 is 0 Å². The Morgan fingerprint density at radius 1 is 1.22 bits per heavy atom. The normalized spacial score (nSPS) is 18.4. The Labute approximate surface area is 160 Å². The summed E-state index contributed by atoms with van der Waals surface area (Å²) in [7, 11) is 1.69. The Bertz CT molecular complexity index is 884. The third-order valence-electron chi connectivity index (χ3n) is 5.53. The van der Waals surface area contributed by atoms with Crippen molar-refractivity contribution in [1.82, 2.24) is 24.5 Å². The van der Waals surface area contributed by atoms with Crippen molar-refractivity contribution in [1.29, 1.82) is 0 Å². The molecule has 0 bridgehead atoms. The minimum atomic E-state index is 0.526. The van der Waals surface area contributed by atoms with Crippen molar-refractivity contribution < 1.29 is 4.74 Å². The molecule has 6 nitrogen and oxygen atoms in total. The predicted molar refractivity (Wildman–Crippen MR) is 106 cm³/mol. The molecule has 1 unspecified atom stereocenters. The van der Waals surface area contributed by atoms with Crippen LogP contribution in [0.1, 0.15) is 31.0 Å². The summed E-state index contributed by atoms with van der Waals surface area (Å²) < 4.78 is 9.47. The van der Waals surface area contributed by atoms with Crippen LogP contribution in [0.4, 0.5) is 0 Å². The van der Waals surface area contributed by atoms with Crippen molar-refractivity contribution >= 4 is 10.9 Å². The largest absolute Gasteiger partial charge is 0.378 e. The van der Waals surface area contributed by atoms with Gasteiger partial charge in [-0.3, -0.25) is 9.58 Å². The van der Waals surface area contributed by atoms with Crippen molar-refractivity contribution in [2.75, 3.05) is 20.2 Å². The molecule has 1 saturated heterocycles. The number of piperidine rings is 1. The number of hydrogen-bond donors (Lipinski definition) is 0. The van der Waals surface area contributed by atoms with Gasteiger partial charge >= 0.3 is 0 Å². The van der Waals surface area contributed by atoms with Gasteiger partial charge in [-0.15, -0.1) is 5.10 Å². The molecule has 1 aliphatic heterocycles. The van der Waals surface area contributed by atoms with Crippen molar-refractivity contribution in [2.24, 2.45) is 5.92 Å². The van der Waals surface area contributed by atoms with Crippen LogP contribution in [0, 0.1) is 5.92 Å². The first kappa shape index (κ1) is 18.2. The van der Waals surface area contributed by atoms with E-state index in [0.717, 1.165) is 31.9 Å². The Balaban J connectivity index is 1.42. The van der Waals surface area contributed by atoms with Gasteiger partial charge in [0.25, 0.3) is 0 Å². The first-order valence-corrected chi connectivity index (χ1v) is 9.94. The number of methoxy groups -OCH3 is 1. The third kappa shape index (κ3) is 4.06. The maximum Gasteiger partial charge on any atom is 0.108 e. The zero-order valence-corrected chi connectivity index (χ0v) is 16.3. The minimum Gasteiger partial charge on any atom is -0.378 e. The van der Waals surface area contributed by atoms with E-state index >= 15 is 0 Å². The zero-order valence-electron chi connectivity index (χ0n) is 16.3. The number of benzene rings is 1. The van der Waals surface area contributed by atoms with E-state index in [-0.39, 0.29) is 0 Å². The third-order valence-corrected chi connectivity index (χ3v) is 5.53. The molecule has 6 heteroatoms. The van der Waals surface area contributed by atoms with Crippen LogP contribution in [0.5, 0.6) is 0 Å². The molecular formula is C21H29N5O. The van der Waals surface area contributed by atoms with Crippen molar-refractivity contribution in [3.63, 3.8) is 0 Å². The summed E-state index contributed by atoms with van der Waals surface area (Å²) in [6.45, 7) is 8.00. The summed E-state index contributed by atoms with van der Waals surface area (Å²) in [5.74, 6) is 0.621. The fourth-order valence-electron chi connectivity index (χ4n) is 4.30. The second-order valence-corrected chi connectivity index (χ2v) is 7.57. The first-order valence-electron chi connectivity index (χ1n) is 9.94. The fraction of sp³-hybridized carbons (Fsp3) is 0.524. The summed E-state index contributed by atoms with van der Waals surface area (Å²) in [6, 6.07) is 8.76. The highest BCUT2D eigenvalue weighted by atomic mass is 16.5. The number of ether oxygens (including phenoxy) is 1. The van der Waals surface area contributed by atoms with E-state index in [2.05, 4.69) is 57.2 Å². The molecule has 0 radical (unpaired) electrons. The van der Waals surface area contributed by atoms with E-state index in [0.29, 0.717) is 12.5 Å². The van der Waals surface area contributed by atoms with Crippen LogP contribution in [0.25, 0.3) is 10.9 Å². The van der Waals surface area contributed by atoms with E-state index in [1.807, 2.05) is 10.9 Å². The molecule has 1 fully saturated rings. The topological polar surface area (TPSA) is 48.1 Å². The molecule has 0 saturated carbocycles. The Morgan fingerprint density at radius 3 is 2.96 bits per heavy atom. The number of aryl methyl sites for hydroxylation is 1. The SMILES string of the molecule is CCn1cc(CN2CCCC(Cn3cc(COC)nn3)C2)c2ccccc21. The van der Waals surface area contributed by atoms with Crippen LogP contribution in [-0.4, -0.2) is 44.7 Å². The van der Waals surface area contributed by atoms with E-state index in [9.17, 15) is 0 Å². The predicted octanol–water partition coefficient (Wildman–Crippen LogP) is 3.31. The Morgan fingerprint density at radius 2 is 2.11 bits per heavy atom. The summed E-state index contributed by atoms with van der Waals surface area (Å²) in [5.41, 5.74) is 3.69. The molecule has 3 aromatic rings. The number of fused-ring (bicyclic) bond motifs is 1. The molecule has 144 valence electrons. The van der Waals surface area contributed by atoms with Gasteiger partial charge in [-0.1, -0.05) is 23.4 Å². The molecule has 0 amide bonds. The number of rotatable bonds is 7. The molecule has 0 aliphatic carbocycles. The van der Waals surface area contributed by atoms with E-state index in [1.54, 1.807) is 7.11 Å². The average Bonchev–Trinajstić information content (AvgIpc) is 3.27. The highest BCUT2D eigenvalue weighted by Crippen LogP contribution is 2.25. The lowest BCUT2D eigenvalue weighted by atomic mass is 9.97. The Kier molecular flexibility index (Phi) is 5.55. The molecule has 0 N–H and O–H groups in total. The van der Waals surface area contributed by atoms with E-state index in [4.69, 9.17) is 4.74 Å². The van der Waals surface area contributed by atoms with E-state index in [1.165, 1.54) is 35.9 Å². The molecule has 27 heavy (non-hydrogen) atoms. The van der Waals surface area contributed by atoms with Gasteiger partial charge in [0.05, 0.1) is 12.8 Å². The molecule has 1 atom stereocenters. The first-order chi connectivity index (χ1) is 13.3. The zero-order chi connectivity index (χ0) is 18.6. The van der Waals surface area contributed by atoms with Crippen molar-refractivity contribution in [3.8, 4) is 0 Å². The molecule has 0 spiro atoms. The van der Waals surface area contributed by atoms with Gasteiger partial charge in [0, 0.05) is 50.4 Å². The number of likely N-dealkylation sites (tertiary alicyclic amines) is 1. The van der Waals surface area contributed by atoms with Gasteiger partial charge in [0.2, 0.25) is 0 Å². The number of para-hydroxylation sites is 1. The van der Waals surface area contributed by atoms with Gasteiger partial charge in [-0.05, 0) is 43.9 Å². The summed E-state index contributed by atoms with van der Waals surface area (Å²) in [4.78, 5) is 2.60. The molecule has 1 aromatic carbocycles. The standard InChI is InChI=1S/C21H29N5O/c1-3-25-14-18(20-8-4-5-9-21(20)25)13-24-10-6-7-17(11-24)12-26-15-19(16-27-2)22-23-26/h4-5,8-9,14-15,17H,3,6-7,10-13,16H2,1-2H3. The molecule has 2 aromatic heterocycles. The summed E-state index contributed by atoms with van der Waals surface area (Å²) in [5, 5.41) is 9.82. The van der Waals surface area contributed by atoms with Crippen LogP contribution in [-0.2, 0) is 31.0 Å². The van der Waals surface area contributed by atoms with Crippen LogP contribution >= 0.6 is 0 Å².